The van der Waals surface area contributed by atoms with Gasteiger partial charge in [-0.15, -0.1) is 0 Å². The Morgan fingerprint density at radius 2 is 1.84 bits per heavy atom. The van der Waals surface area contributed by atoms with Crippen molar-refractivity contribution in [2.24, 2.45) is 0 Å². The first-order chi connectivity index (χ1) is 9.08. The molecular formula is C17H22N2. The Morgan fingerprint density at radius 1 is 1.05 bits per heavy atom. The summed E-state index contributed by atoms with van der Waals surface area (Å²) in [4.78, 5) is 4.17. The van der Waals surface area contributed by atoms with Crippen LogP contribution in [0.4, 0.5) is 0 Å². The van der Waals surface area contributed by atoms with Crippen LogP contribution in [0.15, 0.2) is 42.7 Å². The largest absolute Gasteiger partial charge is 0.304 e. The first-order valence-corrected chi connectivity index (χ1v) is 6.81. The highest BCUT2D eigenvalue weighted by molar-refractivity contribution is 5.32. The van der Waals surface area contributed by atoms with E-state index in [9.17, 15) is 0 Å². The smallest absolute Gasteiger partial charge is 0.0315 e. The van der Waals surface area contributed by atoms with Crippen molar-refractivity contribution in [2.75, 3.05) is 0 Å². The highest BCUT2D eigenvalue weighted by Gasteiger charge is 2.12. The second-order valence-electron chi connectivity index (χ2n) is 5.26. The van der Waals surface area contributed by atoms with E-state index in [0.29, 0.717) is 12.1 Å². The molecule has 2 aromatic rings. The van der Waals surface area contributed by atoms with Gasteiger partial charge < -0.3 is 5.32 Å². The standard InChI is InChI=1S/C17H22N2/c1-12-7-8-17(13(2)10-12)15(4)19-14(3)16-6-5-9-18-11-16/h5-11,14-15,19H,1-4H3/t14-,15?/m0/s1. The third kappa shape index (κ3) is 3.42. The predicted octanol–water partition coefficient (Wildman–Crippen LogP) is 4.11. The molecule has 0 aliphatic rings. The molecule has 0 aliphatic heterocycles. The van der Waals surface area contributed by atoms with E-state index in [2.05, 4.69) is 62.3 Å². The van der Waals surface area contributed by atoms with Crippen LogP contribution in [0.3, 0.4) is 0 Å². The molecule has 1 heterocycles. The normalized spacial score (nSPS) is 14.1. The van der Waals surface area contributed by atoms with Crippen LogP contribution in [-0.4, -0.2) is 4.98 Å². The molecule has 1 unspecified atom stereocenters. The molecule has 1 N–H and O–H groups in total. The molecular weight excluding hydrogens is 232 g/mol. The summed E-state index contributed by atoms with van der Waals surface area (Å²) in [5.74, 6) is 0. The van der Waals surface area contributed by atoms with Gasteiger partial charge in [-0.05, 0) is 50.5 Å². The SMILES string of the molecule is Cc1ccc(C(C)N[C@@H](C)c2cccnc2)c(C)c1. The summed E-state index contributed by atoms with van der Waals surface area (Å²) < 4.78 is 0. The van der Waals surface area contributed by atoms with Gasteiger partial charge in [0.2, 0.25) is 0 Å². The first-order valence-electron chi connectivity index (χ1n) is 6.81. The number of benzene rings is 1. The van der Waals surface area contributed by atoms with Crippen molar-refractivity contribution >= 4 is 0 Å². The summed E-state index contributed by atoms with van der Waals surface area (Å²) in [6.07, 6.45) is 3.73. The van der Waals surface area contributed by atoms with E-state index in [1.54, 1.807) is 0 Å². The molecule has 0 fully saturated rings. The van der Waals surface area contributed by atoms with Crippen LogP contribution >= 0.6 is 0 Å². The summed E-state index contributed by atoms with van der Waals surface area (Å²) in [6, 6.07) is 11.4. The number of nitrogens with zero attached hydrogens (tertiary/aromatic N) is 1. The van der Waals surface area contributed by atoms with Gasteiger partial charge in [0.15, 0.2) is 0 Å². The third-order valence-electron chi connectivity index (χ3n) is 3.58. The number of rotatable bonds is 4. The molecule has 1 aromatic carbocycles. The van der Waals surface area contributed by atoms with E-state index >= 15 is 0 Å². The molecule has 0 aliphatic carbocycles. The maximum Gasteiger partial charge on any atom is 0.0315 e. The molecule has 2 nitrogen and oxygen atoms in total. The number of nitrogens with one attached hydrogen (secondary N) is 1. The molecule has 0 radical (unpaired) electrons. The highest BCUT2D eigenvalue weighted by Crippen LogP contribution is 2.22. The highest BCUT2D eigenvalue weighted by atomic mass is 14.9. The Morgan fingerprint density at radius 3 is 2.47 bits per heavy atom. The number of aromatic nitrogens is 1. The van der Waals surface area contributed by atoms with Crippen molar-refractivity contribution in [1.29, 1.82) is 0 Å². The lowest BCUT2D eigenvalue weighted by Crippen LogP contribution is -2.23. The fraction of sp³-hybridized carbons (Fsp3) is 0.353. The number of hydrogen-bond donors (Lipinski definition) is 1. The molecule has 2 heteroatoms. The summed E-state index contributed by atoms with van der Waals surface area (Å²) in [7, 11) is 0. The second kappa shape index (κ2) is 5.98. The zero-order valence-electron chi connectivity index (χ0n) is 12.1. The summed E-state index contributed by atoms with van der Waals surface area (Å²) in [5, 5.41) is 3.63. The van der Waals surface area contributed by atoms with Gasteiger partial charge in [-0.1, -0.05) is 29.8 Å². The third-order valence-corrected chi connectivity index (χ3v) is 3.58. The zero-order chi connectivity index (χ0) is 13.8. The van der Waals surface area contributed by atoms with Crippen LogP contribution < -0.4 is 5.32 Å². The van der Waals surface area contributed by atoms with Gasteiger partial charge in [-0.25, -0.2) is 0 Å². The molecule has 0 spiro atoms. The molecule has 0 saturated carbocycles. The fourth-order valence-corrected chi connectivity index (χ4v) is 2.50. The van der Waals surface area contributed by atoms with E-state index in [1.165, 1.54) is 22.3 Å². The van der Waals surface area contributed by atoms with E-state index in [1.807, 2.05) is 18.5 Å². The maximum absolute atomic E-state index is 4.17. The van der Waals surface area contributed by atoms with Gasteiger partial charge >= 0.3 is 0 Å². The van der Waals surface area contributed by atoms with Crippen molar-refractivity contribution in [3.05, 3.63) is 65.0 Å². The fourth-order valence-electron chi connectivity index (χ4n) is 2.50. The van der Waals surface area contributed by atoms with Crippen LogP contribution in [0.1, 0.15) is 48.2 Å². The van der Waals surface area contributed by atoms with Gasteiger partial charge in [0.25, 0.3) is 0 Å². The van der Waals surface area contributed by atoms with E-state index in [-0.39, 0.29) is 0 Å². The number of hydrogen-bond acceptors (Lipinski definition) is 2. The van der Waals surface area contributed by atoms with Crippen molar-refractivity contribution < 1.29 is 0 Å². The maximum atomic E-state index is 4.17. The van der Waals surface area contributed by atoms with E-state index in [4.69, 9.17) is 0 Å². The summed E-state index contributed by atoms with van der Waals surface area (Å²) in [5.41, 5.74) is 5.24. The van der Waals surface area contributed by atoms with Crippen molar-refractivity contribution in [1.82, 2.24) is 10.3 Å². The van der Waals surface area contributed by atoms with Gasteiger partial charge in [-0.2, -0.15) is 0 Å². The van der Waals surface area contributed by atoms with Crippen molar-refractivity contribution in [2.45, 2.75) is 39.8 Å². The quantitative estimate of drug-likeness (QED) is 0.888. The van der Waals surface area contributed by atoms with Gasteiger partial charge in [0.1, 0.15) is 0 Å². The zero-order valence-corrected chi connectivity index (χ0v) is 12.1. The monoisotopic (exact) mass is 254 g/mol. The molecule has 0 saturated heterocycles. The average molecular weight is 254 g/mol. The van der Waals surface area contributed by atoms with Crippen molar-refractivity contribution in [3.63, 3.8) is 0 Å². The van der Waals surface area contributed by atoms with Crippen molar-refractivity contribution in [3.8, 4) is 0 Å². The molecule has 0 bridgehead atoms. The summed E-state index contributed by atoms with van der Waals surface area (Å²) in [6.45, 7) is 8.70. The first kappa shape index (κ1) is 13.8. The van der Waals surface area contributed by atoms with Gasteiger partial charge in [0.05, 0.1) is 0 Å². The van der Waals surface area contributed by atoms with Gasteiger partial charge in [0, 0.05) is 24.5 Å². The number of pyridine rings is 1. The van der Waals surface area contributed by atoms with Crippen LogP contribution in [-0.2, 0) is 0 Å². The lowest BCUT2D eigenvalue weighted by molar-refractivity contribution is 0.492. The van der Waals surface area contributed by atoms with Crippen LogP contribution in [0, 0.1) is 13.8 Å². The van der Waals surface area contributed by atoms with Crippen LogP contribution in [0.2, 0.25) is 0 Å². The molecule has 1 aromatic heterocycles. The lowest BCUT2D eigenvalue weighted by atomic mass is 9.99. The Labute approximate surface area is 115 Å². The lowest BCUT2D eigenvalue weighted by Gasteiger charge is -2.22. The minimum atomic E-state index is 0.296. The summed E-state index contributed by atoms with van der Waals surface area (Å²) >= 11 is 0. The van der Waals surface area contributed by atoms with E-state index in [0.717, 1.165) is 0 Å². The Balaban J connectivity index is 2.10. The molecule has 100 valence electrons. The van der Waals surface area contributed by atoms with E-state index < -0.39 is 0 Å². The predicted molar refractivity (Wildman–Crippen MR) is 80.1 cm³/mol. The number of aryl methyl sites for hydroxylation is 2. The molecule has 2 rings (SSSR count). The van der Waals surface area contributed by atoms with Crippen LogP contribution in [0.5, 0.6) is 0 Å². The Hall–Kier alpha value is -1.67. The Bertz CT molecular complexity index is 534. The minimum Gasteiger partial charge on any atom is -0.304 e. The molecule has 0 amide bonds. The second-order valence-corrected chi connectivity index (χ2v) is 5.26. The minimum absolute atomic E-state index is 0.296. The molecule has 19 heavy (non-hydrogen) atoms. The topological polar surface area (TPSA) is 24.9 Å². The average Bonchev–Trinajstić information content (AvgIpc) is 2.39. The van der Waals surface area contributed by atoms with Gasteiger partial charge in [-0.3, -0.25) is 4.98 Å². The molecule has 2 atom stereocenters. The Kier molecular flexibility index (Phi) is 4.33. The van der Waals surface area contributed by atoms with Crippen LogP contribution in [0.25, 0.3) is 0 Å².